The van der Waals surface area contributed by atoms with Gasteiger partial charge in [0.1, 0.15) is 6.26 Å². The molecule has 1 aromatic heterocycles. The Labute approximate surface area is 89.8 Å². The van der Waals surface area contributed by atoms with Crippen molar-refractivity contribution < 1.29 is 23.8 Å². The van der Waals surface area contributed by atoms with Gasteiger partial charge in [0.15, 0.2) is 5.43 Å². The van der Waals surface area contributed by atoms with Gasteiger partial charge in [0.25, 0.3) is 0 Å². The number of carboxylic acids is 1. The fraction of sp³-hybridized carbons (Fsp3) is 0.100. The maximum absolute atomic E-state index is 11.3. The summed E-state index contributed by atoms with van der Waals surface area (Å²) in [6.45, 7) is 0. The number of carbonyl (C=O) groups is 2. The fourth-order valence-electron chi connectivity index (χ4n) is 0.881. The van der Waals surface area contributed by atoms with Crippen LogP contribution in [0, 0.1) is 0 Å². The average Bonchev–Trinajstić information content (AvgIpc) is 2.26. The monoisotopic (exact) mass is 224 g/mol. The molecule has 0 saturated heterocycles. The Balaban J connectivity index is 3.01. The number of methoxy groups -OCH3 is 1. The van der Waals surface area contributed by atoms with Crippen molar-refractivity contribution in [3.05, 3.63) is 40.0 Å². The summed E-state index contributed by atoms with van der Waals surface area (Å²) in [5.41, 5.74) is -0.487. The highest BCUT2D eigenvalue weighted by Crippen LogP contribution is 2.00. The van der Waals surface area contributed by atoms with Gasteiger partial charge < -0.3 is 14.3 Å². The quantitative estimate of drug-likeness (QED) is 0.594. The number of esters is 1. The molecule has 0 spiro atoms. The standard InChI is InChI=1S/C10H8O6/c1-15-9(12)3-2-6-5-16-8(10(13)14)4-7(6)11/h2-5H,1H3,(H,13,14). The molecule has 0 bridgehead atoms. The summed E-state index contributed by atoms with van der Waals surface area (Å²) in [5.74, 6) is -2.41. The van der Waals surface area contributed by atoms with E-state index in [4.69, 9.17) is 5.11 Å². The molecule has 0 aliphatic carbocycles. The Hall–Kier alpha value is -2.37. The van der Waals surface area contributed by atoms with Gasteiger partial charge in [-0.3, -0.25) is 4.79 Å². The molecule has 84 valence electrons. The molecule has 0 aliphatic rings. The molecule has 6 heteroatoms. The van der Waals surface area contributed by atoms with Crippen LogP contribution in [-0.4, -0.2) is 24.2 Å². The van der Waals surface area contributed by atoms with Gasteiger partial charge in [-0.2, -0.15) is 0 Å². The molecule has 1 rings (SSSR count). The van der Waals surface area contributed by atoms with Crippen molar-refractivity contribution in [2.75, 3.05) is 7.11 Å². The summed E-state index contributed by atoms with van der Waals surface area (Å²) in [6.07, 6.45) is 3.18. The summed E-state index contributed by atoms with van der Waals surface area (Å²) in [4.78, 5) is 32.5. The fourth-order valence-corrected chi connectivity index (χ4v) is 0.881. The van der Waals surface area contributed by atoms with Crippen molar-refractivity contribution in [2.24, 2.45) is 0 Å². The van der Waals surface area contributed by atoms with E-state index in [2.05, 4.69) is 9.15 Å². The van der Waals surface area contributed by atoms with E-state index in [0.717, 1.165) is 18.4 Å². The Morgan fingerprint density at radius 2 is 2.19 bits per heavy atom. The van der Waals surface area contributed by atoms with Crippen molar-refractivity contribution in [1.82, 2.24) is 0 Å². The highest BCUT2D eigenvalue weighted by atomic mass is 16.5. The van der Waals surface area contributed by atoms with Gasteiger partial charge in [-0.05, 0) is 6.08 Å². The van der Waals surface area contributed by atoms with Crippen LogP contribution < -0.4 is 5.43 Å². The van der Waals surface area contributed by atoms with E-state index in [9.17, 15) is 14.4 Å². The molecular weight excluding hydrogens is 216 g/mol. The number of hydrogen-bond donors (Lipinski definition) is 1. The SMILES string of the molecule is COC(=O)C=Cc1coc(C(=O)O)cc1=O. The minimum Gasteiger partial charge on any atom is -0.475 e. The number of hydrogen-bond acceptors (Lipinski definition) is 5. The van der Waals surface area contributed by atoms with Crippen molar-refractivity contribution >= 4 is 18.0 Å². The maximum Gasteiger partial charge on any atom is 0.371 e. The minimum absolute atomic E-state index is 0.0652. The van der Waals surface area contributed by atoms with E-state index in [1.165, 1.54) is 13.2 Å². The van der Waals surface area contributed by atoms with Crippen LogP contribution in [0.2, 0.25) is 0 Å². The van der Waals surface area contributed by atoms with E-state index in [-0.39, 0.29) is 5.56 Å². The Bertz CT molecular complexity index is 496. The summed E-state index contributed by atoms with van der Waals surface area (Å²) >= 11 is 0. The van der Waals surface area contributed by atoms with Crippen LogP contribution in [0.1, 0.15) is 16.1 Å². The Morgan fingerprint density at radius 1 is 1.50 bits per heavy atom. The van der Waals surface area contributed by atoms with Crippen LogP contribution >= 0.6 is 0 Å². The molecule has 0 atom stereocenters. The normalized spacial score (nSPS) is 10.3. The van der Waals surface area contributed by atoms with E-state index in [0.29, 0.717) is 0 Å². The maximum atomic E-state index is 11.3. The summed E-state index contributed by atoms with van der Waals surface area (Å²) in [7, 11) is 1.20. The lowest BCUT2D eigenvalue weighted by Gasteiger charge is -1.94. The van der Waals surface area contributed by atoms with Gasteiger partial charge in [0.05, 0.1) is 12.7 Å². The predicted octanol–water partition coefficient (Wildman–Crippen LogP) is 0.524. The molecule has 0 aliphatic heterocycles. The van der Waals surface area contributed by atoms with Crippen molar-refractivity contribution in [3.8, 4) is 0 Å². The minimum atomic E-state index is -1.33. The number of carboxylic acid groups (broad SMARTS) is 1. The zero-order valence-electron chi connectivity index (χ0n) is 8.30. The molecule has 6 nitrogen and oxygen atoms in total. The highest BCUT2D eigenvalue weighted by Gasteiger charge is 2.07. The van der Waals surface area contributed by atoms with Gasteiger partial charge in [-0.15, -0.1) is 0 Å². The number of rotatable bonds is 3. The molecular formula is C10H8O6. The summed E-state index contributed by atoms with van der Waals surface area (Å²) < 4.78 is 8.98. The van der Waals surface area contributed by atoms with E-state index < -0.39 is 23.1 Å². The molecule has 0 fully saturated rings. The lowest BCUT2D eigenvalue weighted by molar-refractivity contribution is -0.134. The molecule has 1 heterocycles. The van der Waals surface area contributed by atoms with Crippen molar-refractivity contribution in [3.63, 3.8) is 0 Å². The van der Waals surface area contributed by atoms with Gasteiger partial charge >= 0.3 is 11.9 Å². The molecule has 0 radical (unpaired) electrons. The third-order valence-electron chi connectivity index (χ3n) is 1.67. The van der Waals surface area contributed by atoms with E-state index >= 15 is 0 Å². The first-order valence-electron chi connectivity index (χ1n) is 4.16. The van der Waals surface area contributed by atoms with Gasteiger partial charge in [-0.25, -0.2) is 9.59 Å². The van der Waals surface area contributed by atoms with Crippen LogP contribution in [0.15, 0.2) is 27.6 Å². The second kappa shape index (κ2) is 4.92. The largest absolute Gasteiger partial charge is 0.475 e. The van der Waals surface area contributed by atoms with E-state index in [1.807, 2.05) is 0 Å². The van der Waals surface area contributed by atoms with Gasteiger partial charge in [0, 0.05) is 12.1 Å². The van der Waals surface area contributed by atoms with Crippen molar-refractivity contribution in [1.29, 1.82) is 0 Å². The van der Waals surface area contributed by atoms with Gasteiger partial charge in [0.2, 0.25) is 5.76 Å². The first-order valence-corrected chi connectivity index (χ1v) is 4.16. The third kappa shape index (κ3) is 2.81. The Morgan fingerprint density at radius 3 is 2.69 bits per heavy atom. The molecule has 1 N–H and O–H groups in total. The molecule has 0 unspecified atom stereocenters. The highest BCUT2D eigenvalue weighted by molar-refractivity contribution is 5.87. The first-order chi connectivity index (χ1) is 7.54. The van der Waals surface area contributed by atoms with E-state index in [1.54, 1.807) is 0 Å². The zero-order valence-corrected chi connectivity index (χ0v) is 8.30. The summed E-state index contributed by atoms with van der Waals surface area (Å²) in [6, 6.07) is 0.833. The third-order valence-corrected chi connectivity index (χ3v) is 1.67. The molecule has 1 aromatic rings. The van der Waals surface area contributed by atoms with Crippen LogP contribution in [0.3, 0.4) is 0 Å². The Kier molecular flexibility index (Phi) is 3.60. The molecule has 0 saturated carbocycles. The molecule has 0 amide bonds. The second-order valence-electron chi connectivity index (χ2n) is 2.73. The zero-order chi connectivity index (χ0) is 12.1. The molecule has 16 heavy (non-hydrogen) atoms. The predicted molar refractivity (Wildman–Crippen MR) is 53.0 cm³/mol. The lowest BCUT2D eigenvalue weighted by Crippen LogP contribution is -2.08. The van der Waals surface area contributed by atoms with Crippen molar-refractivity contribution in [2.45, 2.75) is 0 Å². The first kappa shape index (κ1) is 11.7. The smallest absolute Gasteiger partial charge is 0.371 e. The molecule has 0 aromatic carbocycles. The van der Waals surface area contributed by atoms with Gasteiger partial charge in [-0.1, -0.05) is 0 Å². The van der Waals surface area contributed by atoms with Crippen LogP contribution in [0.4, 0.5) is 0 Å². The summed E-state index contributed by atoms with van der Waals surface area (Å²) in [5, 5.41) is 8.53. The van der Waals surface area contributed by atoms with Crippen LogP contribution in [-0.2, 0) is 9.53 Å². The average molecular weight is 224 g/mol. The number of carbonyl (C=O) groups excluding carboxylic acids is 1. The second-order valence-corrected chi connectivity index (χ2v) is 2.73. The number of aromatic carboxylic acids is 1. The van der Waals surface area contributed by atoms with Crippen LogP contribution in [0.25, 0.3) is 6.08 Å². The number of ether oxygens (including phenoxy) is 1. The topological polar surface area (TPSA) is 93.8 Å². The van der Waals surface area contributed by atoms with Crippen LogP contribution in [0.5, 0.6) is 0 Å². The lowest BCUT2D eigenvalue weighted by atomic mass is 10.2.